The lowest BCUT2D eigenvalue weighted by atomic mass is 9.94. The fourth-order valence-corrected chi connectivity index (χ4v) is 4.75. The summed E-state index contributed by atoms with van der Waals surface area (Å²) < 4.78 is 5.37. The first kappa shape index (κ1) is 18.2. The summed E-state index contributed by atoms with van der Waals surface area (Å²) >= 11 is 2.02. The Labute approximate surface area is 165 Å². The van der Waals surface area contributed by atoms with E-state index in [1.165, 1.54) is 39.8 Å². The smallest absolute Gasteiger partial charge is 0.119 e. The maximum absolute atomic E-state index is 5.37. The van der Waals surface area contributed by atoms with Crippen molar-refractivity contribution in [1.29, 1.82) is 0 Å². The molecule has 4 heteroatoms. The highest BCUT2D eigenvalue weighted by atomic mass is 32.2. The van der Waals surface area contributed by atoms with Crippen molar-refractivity contribution in [3.05, 3.63) is 71.9 Å². The summed E-state index contributed by atoms with van der Waals surface area (Å²) in [6, 6.07) is 17.5. The molecule has 0 saturated carbocycles. The predicted octanol–water partition coefficient (Wildman–Crippen LogP) is 5.25. The van der Waals surface area contributed by atoms with Crippen LogP contribution in [0.4, 0.5) is 0 Å². The van der Waals surface area contributed by atoms with Crippen LogP contribution in [0.5, 0.6) is 5.75 Å². The minimum absolute atomic E-state index is 0.548. The molecular formula is C23H26N2OS. The van der Waals surface area contributed by atoms with E-state index < -0.39 is 0 Å². The third-order valence-electron chi connectivity index (χ3n) is 5.20. The predicted molar refractivity (Wildman–Crippen MR) is 116 cm³/mol. The normalized spacial score (nSPS) is 17.1. The monoisotopic (exact) mass is 378 g/mol. The average molecular weight is 379 g/mol. The number of H-pyrrole nitrogens is 1. The van der Waals surface area contributed by atoms with Gasteiger partial charge in [-0.1, -0.05) is 36.4 Å². The molecule has 27 heavy (non-hydrogen) atoms. The number of aromatic amines is 1. The van der Waals surface area contributed by atoms with Gasteiger partial charge in [-0.05, 0) is 53.5 Å². The Bertz CT molecular complexity index is 931. The molecule has 1 unspecified atom stereocenters. The standard InChI is InChI=1S/C23H26N2OS/c1-26-21-6-4-5-17(14-21)18-9-11-24-20(13-18)10-12-27-16-19-15-25-23-8-3-2-7-22(19)23/h2-9,14-15,20,24-25H,10-13,16H2,1H3. The Morgan fingerprint density at radius 3 is 3.00 bits per heavy atom. The quantitative estimate of drug-likeness (QED) is 0.552. The molecule has 0 radical (unpaired) electrons. The van der Waals surface area contributed by atoms with Crippen LogP contribution in [-0.2, 0) is 5.75 Å². The van der Waals surface area contributed by atoms with Crippen LogP contribution >= 0.6 is 11.8 Å². The van der Waals surface area contributed by atoms with Gasteiger partial charge in [0.05, 0.1) is 7.11 Å². The molecule has 0 saturated heterocycles. The van der Waals surface area contributed by atoms with E-state index in [9.17, 15) is 0 Å². The number of fused-ring (bicyclic) bond motifs is 1. The molecule has 1 aliphatic rings. The maximum Gasteiger partial charge on any atom is 0.119 e. The van der Waals surface area contributed by atoms with Crippen molar-refractivity contribution < 1.29 is 4.74 Å². The molecule has 1 aliphatic heterocycles. The van der Waals surface area contributed by atoms with Crippen LogP contribution in [0.25, 0.3) is 16.5 Å². The van der Waals surface area contributed by atoms with E-state index >= 15 is 0 Å². The number of para-hydroxylation sites is 1. The fraction of sp³-hybridized carbons (Fsp3) is 0.304. The van der Waals surface area contributed by atoms with E-state index in [1.807, 2.05) is 17.8 Å². The van der Waals surface area contributed by atoms with Gasteiger partial charge >= 0.3 is 0 Å². The molecule has 2 heterocycles. The number of thioether (sulfide) groups is 1. The molecule has 3 nitrogen and oxygen atoms in total. The van der Waals surface area contributed by atoms with Gasteiger partial charge in [-0.3, -0.25) is 0 Å². The summed E-state index contributed by atoms with van der Waals surface area (Å²) in [4.78, 5) is 3.37. The van der Waals surface area contributed by atoms with Crippen LogP contribution in [0.1, 0.15) is 24.0 Å². The molecule has 0 spiro atoms. The van der Waals surface area contributed by atoms with Crippen molar-refractivity contribution >= 4 is 28.2 Å². The first-order chi connectivity index (χ1) is 13.3. The Kier molecular flexibility index (Phi) is 5.85. The zero-order valence-corrected chi connectivity index (χ0v) is 16.5. The molecule has 0 bridgehead atoms. The molecule has 2 aromatic carbocycles. The first-order valence-corrected chi connectivity index (χ1v) is 10.7. The number of methoxy groups -OCH3 is 1. The zero-order valence-electron chi connectivity index (χ0n) is 15.7. The van der Waals surface area contributed by atoms with Crippen LogP contribution in [0.3, 0.4) is 0 Å². The Balaban J connectivity index is 1.28. The average Bonchev–Trinajstić information content (AvgIpc) is 3.15. The molecule has 4 rings (SSSR count). The van der Waals surface area contributed by atoms with Crippen molar-refractivity contribution in [2.75, 3.05) is 19.4 Å². The molecule has 3 aromatic rings. The van der Waals surface area contributed by atoms with E-state index in [0.717, 1.165) is 24.5 Å². The third kappa shape index (κ3) is 4.40. The second kappa shape index (κ2) is 8.68. The topological polar surface area (TPSA) is 37.0 Å². The van der Waals surface area contributed by atoms with E-state index in [2.05, 4.69) is 65.0 Å². The molecular weight excluding hydrogens is 352 g/mol. The van der Waals surface area contributed by atoms with Crippen LogP contribution in [0, 0.1) is 0 Å². The molecule has 0 fully saturated rings. The zero-order chi connectivity index (χ0) is 18.5. The molecule has 0 amide bonds. The van der Waals surface area contributed by atoms with E-state index in [-0.39, 0.29) is 0 Å². The van der Waals surface area contributed by atoms with Gasteiger partial charge < -0.3 is 15.0 Å². The van der Waals surface area contributed by atoms with Gasteiger partial charge in [-0.2, -0.15) is 11.8 Å². The maximum atomic E-state index is 5.37. The number of hydrogen-bond acceptors (Lipinski definition) is 3. The van der Waals surface area contributed by atoms with Crippen molar-refractivity contribution in [3.63, 3.8) is 0 Å². The summed E-state index contributed by atoms with van der Waals surface area (Å²) in [5, 5.41) is 4.99. The molecule has 2 N–H and O–H groups in total. The van der Waals surface area contributed by atoms with Gasteiger partial charge in [0.25, 0.3) is 0 Å². The summed E-state index contributed by atoms with van der Waals surface area (Å²) in [5.41, 5.74) is 5.35. The lowest BCUT2D eigenvalue weighted by molar-refractivity contribution is 0.414. The van der Waals surface area contributed by atoms with Gasteiger partial charge in [0.2, 0.25) is 0 Å². The van der Waals surface area contributed by atoms with Gasteiger partial charge in [0.15, 0.2) is 0 Å². The summed E-state index contributed by atoms with van der Waals surface area (Å²) in [6.45, 7) is 0.949. The first-order valence-electron chi connectivity index (χ1n) is 9.53. The fourth-order valence-electron chi connectivity index (χ4n) is 3.69. The molecule has 140 valence electrons. The number of hydrogen-bond donors (Lipinski definition) is 2. The van der Waals surface area contributed by atoms with Crippen molar-refractivity contribution in [2.24, 2.45) is 0 Å². The van der Waals surface area contributed by atoms with Crippen LogP contribution in [0.2, 0.25) is 0 Å². The minimum atomic E-state index is 0.548. The Hall–Kier alpha value is -2.17. The highest BCUT2D eigenvalue weighted by Gasteiger charge is 2.16. The number of rotatable bonds is 7. The number of aromatic nitrogens is 1. The lowest BCUT2D eigenvalue weighted by Crippen LogP contribution is -2.33. The van der Waals surface area contributed by atoms with Crippen molar-refractivity contribution in [2.45, 2.75) is 24.6 Å². The van der Waals surface area contributed by atoms with E-state index in [1.54, 1.807) is 7.11 Å². The number of benzene rings is 2. The molecule has 1 aromatic heterocycles. The van der Waals surface area contributed by atoms with Gasteiger partial charge in [-0.25, -0.2) is 0 Å². The molecule has 0 aliphatic carbocycles. The second-order valence-electron chi connectivity index (χ2n) is 6.97. The van der Waals surface area contributed by atoms with Crippen LogP contribution in [0.15, 0.2) is 60.8 Å². The van der Waals surface area contributed by atoms with Gasteiger partial charge in [0, 0.05) is 35.4 Å². The molecule has 1 atom stereocenters. The van der Waals surface area contributed by atoms with Gasteiger partial charge in [0.1, 0.15) is 5.75 Å². The SMILES string of the molecule is COc1cccc(C2=CCNC(CCSCc3c[nH]c4ccccc34)C2)c1. The Morgan fingerprint density at radius 1 is 1.15 bits per heavy atom. The highest BCUT2D eigenvalue weighted by molar-refractivity contribution is 7.98. The highest BCUT2D eigenvalue weighted by Crippen LogP contribution is 2.28. The van der Waals surface area contributed by atoms with Gasteiger partial charge in [-0.15, -0.1) is 0 Å². The summed E-state index contributed by atoms with van der Waals surface area (Å²) in [7, 11) is 1.73. The van der Waals surface area contributed by atoms with Crippen LogP contribution in [-0.4, -0.2) is 30.4 Å². The summed E-state index contributed by atoms with van der Waals surface area (Å²) in [6.07, 6.45) is 6.74. The second-order valence-corrected chi connectivity index (χ2v) is 8.08. The van der Waals surface area contributed by atoms with Crippen molar-refractivity contribution in [1.82, 2.24) is 10.3 Å². The van der Waals surface area contributed by atoms with E-state index in [4.69, 9.17) is 4.74 Å². The van der Waals surface area contributed by atoms with Crippen LogP contribution < -0.4 is 10.1 Å². The minimum Gasteiger partial charge on any atom is -0.497 e. The van der Waals surface area contributed by atoms with E-state index in [0.29, 0.717) is 6.04 Å². The number of ether oxygens (including phenoxy) is 1. The number of nitrogens with one attached hydrogen (secondary N) is 2. The largest absolute Gasteiger partial charge is 0.497 e. The lowest BCUT2D eigenvalue weighted by Gasteiger charge is -2.24. The summed E-state index contributed by atoms with van der Waals surface area (Å²) in [5.74, 6) is 3.16. The third-order valence-corrected chi connectivity index (χ3v) is 6.24. The van der Waals surface area contributed by atoms with Crippen molar-refractivity contribution in [3.8, 4) is 5.75 Å². The Morgan fingerprint density at radius 2 is 2.07 bits per heavy atom.